The molecule has 0 atom stereocenters. The van der Waals surface area contributed by atoms with E-state index in [9.17, 15) is 0 Å². The fourth-order valence-corrected chi connectivity index (χ4v) is 1.93. The summed E-state index contributed by atoms with van der Waals surface area (Å²) in [5.41, 5.74) is 2.78. The van der Waals surface area contributed by atoms with Crippen LogP contribution in [0, 0.1) is 0 Å². The summed E-state index contributed by atoms with van der Waals surface area (Å²) in [6, 6.07) is 0. The van der Waals surface area contributed by atoms with Crippen LogP contribution in [-0.2, 0) is 4.74 Å². The number of nitrogens with zero attached hydrogens (tertiary/aromatic N) is 1. The zero-order valence-electron chi connectivity index (χ0n) is 8.25. The Hall–Kier alpha value is -0.920. The van der Waals surface area contributed by atoms with E-state index in [1.54, 1.807) is 0 Å². The maximum atomic E-state index is 5.36. The molecule has 1 heterocycles. The van der Waals surface area contributed by atoms with E-state index in [4.69, 9.17) is 4.74 Å². The molecule has 0 amide bonds. The molecule has 0 saturated carbocycles. The zero-order valence-corrected chi connectivity index (χ0v) is 8.25. The highest BCUT2D eigenvalue weighted by molar-refractivity contribution is 5.30. The third kappa shape index (κ3) is 1.87. The molecule has 0 aromatic rings. The first kappa shape index (κ1) is 8.67. The minimum absolute atomic E-state index is 0.827. The van der Waals surface area contributed by atoms with Crippen LogP contribution in [0.3, 0.4) is 0 Å². The Morgan fingerprint density at radius 2 is 2.31 bits per heavy atom. The van der Waals surface area contributed by atoms with E-state index in [2.05, 4.69) is 18.0 Å². The number of hydrogen-bond donors (Lipinski definition) is 0. The maximum Gasteiger partial charge on any atom is 0.107 e. The van der Waals surface area contributed by atoms with Crippen molar-refractivity contribution in [3.8, 4) is 0 Å². The van der Waals surface area contributed by atoms with Gasteiger partial charge in [0, 0.05) is 7.05 Å². The highest BCUT2D eigenvalue weighted by atomic mass is 16.5. The van der Waals surface area contributed by atoms with Crippen molar-refractivity contribution in [2.24, 2.45) is 0 Å². The van der Waals surface area contributed by atoms with Crippen LogP contribution in [0.25, 0.3) is 0 Å². The lowest BCUT2D eigenvalue weighted by Gasteiger charge is -2.29. The van der Waals surface area contributed by atoms with Crippen LogP contribution in [0.5, 0.6) is 0 Å². The Labute approximate surface area is 79.9 Å². The van der Waals surface area contributed by atoms with Crippen molar-refractivity contribution in [2.45, 2.75) is 25.7 Å². The average Bonchev–Trinajstić information content (AvgIpc) is 2.20. The molecule has 2 aliphatic rings. The molecular weight excluding hydrogens is 162 g/mol. The SMILES string of the molecule is CN1CCOC=C1C1=CCCCC1. The molecule has 0 N–H and O–H groups in total. The molecule has 2 nitrogen and oxygen atoms in total. The van der Waals surface area contributed by atoms with Gasteiger partial charge < -0.3 is 9.64 Å². The fraction of sp³-hybridized carbons (Fsp3) is 0.636. The number of hydrogen-bond acceptors (Lipinski definition) is 2. The Morgan fingerprint density at radius 3 is 3.00 bits per heavy atom. The van der Waals surface area contributed by atoms with Gasteiger partial charge >= 0.3 is 0 Å². The number of likely N-dealkylation sites (N-methyl/N-ethyl adjacent to an activating group) is 1. The Kier molecular flexibility index (Phi) is 2.57. The first-order valence-electron chi connectivity index (χ1n) is 5.10. The molecular formula is C11H17NO. The largest absolute Gasteiger partial charge is 0.497 e. The Balaban J connectivity index is 2.13. The molecule has 0 radical (unpaired) electrons. The van der Waals surface area contributed by atoms with Crippen molar-refractivity contribution >= 4 is 0 Å². The fourth-order valence-electron chi connectivity index (χ4n) is 1.93. The molecule has 0 aromatic carbocycles. The Bertz CT molecular complexity index is 242. The van der Waals surface area contributed by atoms with Gasteiger partial charge in [-0.1, -0.05) is 6.08 Å². The van der Waals surface area contributed by atoms with E-state index in [0.717, 1.165) is 13.2 Å². The quantitative estimate of drug-likeness (QED) is 0.612. The van der Waals surface area contributed by atoms with E-state index < -0.39 is 0 Å². The van der Waals surface area contributed by atoms with Gasteiger partial charge in [0.25, 0.3) is 0 Å². The van der Waals surface area contributed by atoms with Crippen LogP contribution in [-0.4, -0.2) is 25.1 Å². The first-order chi connectivity index (χ1) is 6.38. The lowest BCUT2D eigenvalue weighted by molar-refractivity contribution is 0.176. The lowest BCUT2D eigenvalue weighted by atomic mass is 9.97. The third-order valence-corrected chi connectivity index (χ3v) is 2.77. The molecule has 2 heteroatoms. The third-order valence-electron chi connectivity index (χ3n) is 2.77. The average molecular weight is 179 g/mol. The van der Waals surface area contributed by atoms with E-state index in [1.165, 1.54) is 37.0 Å². The minimum atomic E-state index is 0.827. The summed E-state index contributed by atoms with van der Waals surface area (Å²) in [6.45, 7) is 1.84. The second-order valence-electron chi connectivity index (χ2n) is 3.77. The zero-order chi connectivity index (χ0) is 9.10. The maximum absolute atomic E-state index is 5.36. The number of ether oxygens (including phenoxy) is 1. The van der Waals surface area contributed by atoms with E-state index in [1.807, 2.05) is 6.26 Å². The monoisotopic (exact) mass is 179 g/mol. The molecule has 0 spiro atoms. The predicted molar refractivity (Wildman–Crippen MR) is 53.2 cm³/mol. The van der Waals surface area contributed by atoms with Crippen molar-refractivity contribution in [3.05, 3.63) is 23.6 Å². The molecule has 2 rings (SSSR count). The van der Waals surface area contributed by atoms with Gasteiger partial charge in [-0.05, 0) is 31.3 Å². The molecule has 1 aliphatic heterocycles. The molecule has 13 heavy (non-hydrogen) atoms. The van der Waals surface area contributed by atoms with Crippen LogP contribution < -0.4 is 0 Å². The van der Waals surface area contributed by atoms with E-state index >= 15 is 0 Å². The van der Waals surface area contributed by atoms with Crippen LogP contribution in [0.1, 0.15) is 25.7 Å². The van der Waals surface area contributed by atoms with Gasteiger partial charge in [0.1, 0.15) is 12.9 Å². The summed E-state index contributed by atoms with van der Waals surface area (Å²) in [6.07, 6.45) is 9.42. The molecule has 0 fully saturated rings. The van der Waals surface area contributed by atoms with Crippen LogP contribution in [0.15, 0.2) is 23.6 Å². The smallest absolute Gasteiger partial charge is 0.107 e. The van der Waals surface area contributed by atoms with E-state index in [-0.39, 0.29) is 0 Å². The Morgan fingerprint density at radius 1 is 1.38 bits per heavy atom. The minimum Gasteiger partial charge on any atom is -0.497 e. The normalized spacial score (nSPS) is 23.3. The van der Waals surface area contributed by atoms with Crippen molar-refractivity contribution in [1.29, 1.82) is 0 Å². The van der Waals surface area contributed by atoms with Gasteiger partial charge in [-0.2, -0.15) is 0 Å². The van der Waals surface area contributed by atoms with Gasteiger partial charge in [-0.15, -0.1) is 0 Å². The summed E-state index contributed by atoms with van der Waals surface area (Å²) < 4.78 is 5.36. The number of rotatable bonds is 1. The highest BCUT2D eigenvalue weighted by Crippen LogP contribution is 2.26. The summed E-state index contributed by atoms with van der Waals surface area (Å²) >= 11 is 0. The van der Waals surface area contributed by atoms with Crippen LogP contribution in [0.2, 0.25) is 0 Å². The highest BCUT2D eigenvalue weighted by Gasteiger charge is 2.15. The standard InChI is InChI=1S/C11H17NO/c1-12-7-8-13-9-11(12)10-5-3-2-4-6-10/h5,9H,2-4,6-8H2,1H3. The topological polar surface area (TPSA) is 12.5 Å². The number of allylic oxidation sites excluding steroid dienone is 2. The van der Waals surface area contributed by atoms with Gasteiger partial charge in [-0.25, -0.2) is 0 Å². The summed E-state index contributed by atoms with van der Waals surface area (Å²) in [5, 5.41) is 0. The van der Waals surface area contributed by atoms with Crippen molar-refractivity contribution in [2.75, 3.05) is 20.2 Å². The summed E-state index contributed by atoms with van der Waals surface area (Å²) in [7, 11) is 2.14. The lowest BCUT2D eigenvalue weighted by Crippen LogP contribution is -2.27. The van der Waals surface area contributed by atoms with Gasteiger partial charge in [0.05, 0.1) is 12.2 Å². The van der Waals surface area contributed by atoms with Crippen molar-refractivity contribution in [3.63, 3.8) is 0 Å². The summed E-state index contributed by atoms with van der Waals surface area (Å²) in [4.78, 5) is 2.29. The molecule has 0 unspecified atom stereocenters. The van der Waals surface area contributed by atoms with Crippen molar-refractivity contribution < 1.29 is 4.74 Å². The van der Waals surface area contributed by atoms with Gasteiger partial charge in [0.15, 0.2) is 0 Å². The van der Waals surface area contributed by atoms with Gasteiger partial charge in [-0.3, -0.25) is 0 Å². The molecule has 1 aliphatic carbocycles. The summed E-state index contributed by atoms with van der Waals surface area (Å²) in [5.74, 6) is 0. The van der Waals surface area contributed by atoms with Gasteiger partial charge in [0.2, 0.25) is 0 Å². The molecule has 0 bridgehead atoms. The predicted octanol–water partition coefficient (Wildman–Crippen LogP) is 2.29. The first-order valence-corrected chi connectivity index (χ1v) is 5.10. The molecule has 0 saturated heterocycles. The van der Waals surface area contributed by atoms with Crippen molar-refractivity contribution in [1.82, 2.24) is 4.90 Å². The van der Waals surface area contributed by atoms with E-state index in [0.29, 0.717) is 0 Å². The second kappa shape index (κ2) is 3.86. The molecule has 72 valence electrons. The second-order valence-corrected chi connectivity index (χ2v) is 3.77. The molecule has 0 aromatic heterocycles. The van der Waals surface area contributed by atoms with Crippen LogP contribution in [0.4, 0.5) is 0 Å². The van der Waals surface area contributed by atoms with Crippen LogP contribution >= 0.6 is 0 Å².